The Morgan fingerprint density at radius 1 is 1.00 bits per heavy atom. The van der Waals surface area contributed by atoms with E-state index in [1.165, 1.54) is 13.2 Å². The van der Waals surface area contributed by atoms with Crippen molar-refractivity contribution in [2.75, 3.05) is 32.8 Å². The molecular formula is C29H27F2N7O6S2. The number of thiophene rings is 1. The molecule has 0 fully saturated rings. The van der Waals surface area contributed by atoms with E-state index in [-0.39, 0.29) is 27.6 Å². The lowest BCUT2D eigenvalue weighted by Gasteiger charge is -2.14. The molecule has 0 saturated heterocycles. The summed E-state index contributed by atoms with van der Waals surface area (Å²) in [5.41, 5.74) is 1.60. The second kappa shape index (κ2) is 12.9. The van der Waals surface area contributed by atoms with Crippen LogP contribution in [-0.4, -0.2) is 66.1 Å². The van der Waals surface area contributed by atoms with Crippen molar-refractivity contribution in [2.45, 2.75) is 18.1 Å². The Balaban J connectivity index is 1.80. The van der Waals surface area contributed by atoms with Crippen molar-refractivity contribution >= 4 is 43.1 Å². The number of halogens is 2. The molecule has 3 heterocycles. The fraction of sp³-hybridized carbons (Fsp3) is 0.207. The van der Waals surface area contributed by atoms with Gasteiger partial charge in [0.1, 0.15) is 16.5 Å². The fourth-order valence-corrected chi connectivity index (χ4v) is 6.54. The smallest absolute Gasteiger partial charge is 0.306 e. The molecule has 2 aromatic carbocycles. The third kappa shape index (κ3) is 6.43. The first-order valence-corrected chi connectivity index (χ1v) is 16.1. The molecule has 13 nitrogen and oxygen atoms in total. The van der Waals surface area contributed by atoms with E-state index in [9.17, 15) is 31.6 Å². The number of urea groups is 1. The third-order valence-electron chi connectivity index (χ3n) is 6.76. The SMILES string of the molecule is CONC(=O)Nc1ccc(-c2sc3c(c2CN(C)C)c(=O)n(-c2ccc(S(C)(=O)=O)nn2)c(=O)n3Cc2c(F)cccc2F)cc1. The molecule has 0 bridgehead atoms. The molecule has 46 heavy (non-hydrogen) atoms. The molecule has 0 atom stereocenters. The minimum absolute atomic E-state index is 0.0979. The molecule has 0 aliphatic rings. The number of fused-ring (bicyclic) bond motifs is 1. The van der Waals surface area contributed by atoms with E-state index in [0.29, 0.717) is 26.3 Å². The second-order valence-corrected chi connectivity index (χ2v) is 13.3. The molecule has 0 unspecified atom stereocenters. The zero-order valence-electron chi connectivity index (χ0n) is 24.9. The second-order valence-electron chi connectivity index (χ2n) is 10.4. The number of benzene rings is 2. The number of carbonyl (C=O) groups is 1. The molecular weight excluding hydrogens is 644 g/mol. The highest BCUT2D eigenvalue weighted by Gasteiger charge is 2.26. The zero-order chi connectivity index (χ0) is 33.3. The van der Waals surface area contributed by atoms with Crippen LogP contribution >= 0.6 is 11.3 Å². The maximum absolute atomic E-state index is 14.9. The van der Waals surface area contributed by atoms with Gasteiger partial charge in [-0.2, -0.15) is 0 Å². The molecule has 5 rings (SSSR count). The van der Waals surface area contributed by atoms with Crippen LogP contribution in [0.4, 0.5) is 19.3 Å². The van der Waals surface area contributed by atoms with Gasteiger partial charge in [-0.05, 0) is 61.6 Å². The summed E-state index contributed by atoms with van der Waals surface area (Å²) in [7, 11) is 1.12. The highest BCUT2D eigenvalue weighted by molar-refractivity contribution is 7.90. The predicted molar refractivity (Wildman–Crippen MR) is 168 cm³/mol. The number of anilines is 1. The predicted octanol–water partition coefficient (Wildman–Crippen LogP) is 3.15. The maximum atomic E-state index is 14.9. The average Bonchev–Trinajstić information content (AvgIpc) is 3.35. The number of rotatable bonds is 9. The van der Waals surface area contributed by atoms with Crippen LogP contribution in [0, 0.1) is 11.6 Å². The number of aromatic nitrogens is 4. The molecule has 0 aliphatic carbocycles. The van der Waals surface area contributed by atoms with E-state index in [4.69, 9.17) is 0 Å². The highest BCUT2D eigenvalue weighted by atomic mass is 32.2. The Bertz CT molecular complexity index is 2160. The van der Waals surface area contributed by atoms with Gasteiger partial charge in [-0.1, -0.05) is 18.2 Å². The molecule has 2 amide bonds. The summed E-state index contributed by atoms with van der Waals surface area (Å²) < 4.78 is 55.5. The van der Waals surface area contributed by atoms with Gasteiger partial charge >= 0.3 is 11.7 Å². The van der Waals surface area contributed by atoms with Gasteiger partial charge in [0.25, 0.3) is 5.56 Å². The van der Waals surface area contributed by atoms with Crippen LogP contribution in [0.5, 0.6) is 0 Å². The molecule has 2 N–H and O–H groups in total. The standard InChI is InChI=1S/C29H27F2N7O6S2/c1-36(2)14-19-24-26(39)38(22-12-13-23(34-33-22)46(4,42)43)29(41)37(15-18-20(30)6-5-7-21(18)31)27(24)45-25(19)16-8-10-17(11-9-16)32-28(40)35-44-3/h5-13H,14-15H2,1-4H3,(H2,32,35,40). The Labute approximate surface area is 264 Å². The van der Waals surface area contributed by atoms with E-state index < -0.39 is 50.9 Å². The Kier molecular flexibility index (Phi) is 9.11. The summed E-state index contributed by atoms with van der Waals surface area (Å²) in [6, 6.07) is 11.7. The highest BCUT2D eigenvalue weighted by Crippen LogP contribution is 2.38. The summed E-state index contributed by atoms with van der Waals surface area (Å²) in [6.07, 6.45) is 0.933. The first-order chi connectivity index (χ1) is 21.8. The van der Waals surface area contributed by atoms with Crippen LogP contribution in [0.15, 0.2) is 69.2 Å². The quantitative estimate of drug-likeness (QED) is 0.225. The van der Waals surface area contributed by atoms with Gasteiger partial charge in [0.2, 0.25) is 0 Å². The van der Waals surface area contributed by atoms with Gasteiger partial charge in [0.15, 0.2) is 20.7 Å². The third-order valence-corrected chi connectivity index (χ3v) is 9.04. The molecule has 240 valence electrons. The lowest BCUT2D eigenvalue weighted by molar-refractivity contribution is 0.114. The molecule has 3 aromatic heterocycles. The topological polar surface area (TPSA) is 158 Å². The number of carbonyl (C=O) groups excluding carboxylic acids is 1. The largest absolute Gasteiger partial charge is 0.343 e. The van der Waals surface area contributed by atoms with E-state index in [0.717, 1.165) is 46.4 Å². The first-order valence-electron chi connectivity index (χ1n) is 13.4. The van der Waals surface area contributed by atoms with E-state index in [1.807, 2.05) is 4.90 Å². The Morgan fingerprint density at radius 2 is 1.67 bits per heavy atom. The van der Waals surface area contributed by atoms with Gasteiger partial charge in [-0.25, -0.2) is 36.8 Å². The van der Waals surface area contributed by atoms with Crippen LogP contribution in [0.2, 0.25) is 0 Å². The van der Waals surface area contributed by atoms with E-state index in [1.54, 1.807) is 38.4 Å². The van der Waals surface area contributed by atoms with Crippen molar-refractivity contribution in [1.29, 1.82) is 0 Å². The summed E-state index contributed by atoms with van der Waals surface area (Å²) >= 11 is 1.09. The number of sulfone groups is 1. The Morgan fingerprint density at radius 3 is 2.24 bits per heavy atom. The summed E-state index contributed by atoms with van der Waals surface area (Å²) in [5, 5.41) is 9.85. The summed E-state index contributed by atoms with van der Waals surface area (Å²) in [5.74, 6) is -2.05. The molecule has 5 aromatic rings. The minimum atomic E-state index is -3.74. The normalized spacial score (nSPS) is 11.7. The molecule has 0 spiro atoms. The lowest BCUT2D eigenvalue weighted by Crippen LogP contribution is -2.40. The summed E-state index contributed by atoms with van der Waals surface area (Å²) in [6.45, 7) is -0.340. The van der Waals surface area contributed by atoms with Gasteiger partial charge in [-0.3, -0.25) is 14.2 Å². The molecule has 17 heteroatoms. The lowest BCUT2D eigenvalue weighted by atomic mass is 10.1. The van der Waals surface area contributed by atoms with E-state index >= 15 is 0 Å². The Hall–Kier alpha value is -4.84. The van der Waals surface area contributed by atoms with Crippen molar-refractivity contribution in [2.24, 2.45) is 0 Å². The molecule has 0 saturated carbocycles. The van der Waals surface area contributed by atoms with Gasteiger partial charge in [0.05, 0.1) is 19.0 Å². The number of hydroxylamine groups is 1. The van der Waals surface area contributed by atoms with Crippen LogP contribution in [-0.2, 0) is 27.8 Å². The van der Waals surface area contributed by atoms with Crippen molar-refractivity contribution in [3.8, 4) is 16.3 Å². The molecule has 0 radical (unpaired) electrons. The number of hydrogen-bond donors (Lipinski definition) is 2. The zero-order valence-corrected chi connectivity index (χ0v) is 26.5. The fourth-order valence-electron chi connectivity index (χ4n) is 4.74. The number of nitrogens with zero attached hydrogens (tertiary/aromatic N) is 5. The number of nitrogens with one attached hydrogen (secondary N) is 2. The minimum Gasteiger partial charge on any atom is -0.306 e. The molecule has 0 aliphatic heterocycles. The van der Waals surface area contributed by atoms with Gasteiger partial charge in [0, 0.05) is 28.9 Å². The number of amides is 2. The first kappa shape index (κ1) is 32.6. The van der Waals surface area contributed by atoms with Crippen LogP contribution in [0.1, 0.15) is 11.1 Å². The van der Waals surface area contributed by atoms with Crippen LogP contribution in [0.3, 0.4) is 0 Å². The van der Waals surface area contributed by atoms with Crippen LogP contribution < -0.4 is 22.0 Å². The monoisotopic (exact) mass is 671 g/mol. The van der Waals surface area contributed by atoms with Crippen molar-refractivity contribution in [1.82, 2.24) is 29.7 Å². The average molecular weight is 672 g/mol. The summed E-state index contributed by atoms with van der Waals surface area (Å²) in [4.78, 5) is 47.2. The van der Waals surface area contributed by atoms with Crippen molar-refractivity contribution in [3.63, 3.8) is 0 Å². The van der Waals surface area contributed by atoms with E-state index in [2.05, 4.69) is 25.8 Å². The van der Waals surface area contributed by atoms with Crippen molar-refractivity contribution < 1.29 is 26.8 Å². The van der Waals surface area contributed by atoms with Gasteiger partial charge in [-0.15, -0.1) is 21.5 Å². The number of hydrogen-bond acceptors (Lipinski definition) is 10. The maximum Gasteiger partial charge on any atom is 0.343 e. The van der Waals surface area contributed by atoms with Crippen LogP contribution in [0.25, 0.3) is 26.5 Å². The van der Waals surface area contributed by atoms with Gasteiger partial charge < -0.3 is 10.2 Å². The van der Waals surface area contributed by atoms with Crippen molar-refractivity contribution in [3.05, 3.63) is 98.2 Å².